The van der Waals surface area contributed by atoms with Crippen LogP contribution in [0.5, 0.6) is 0 Å². The quantitative estimate of drug-likeness (QED) is 0.856. The van der Waals surface area contributed by atoms with Gasteiger partial charge >= 0.3 is 0 Å². The van der Waals surface area contributed by atoms with Crippen molar-refractivity contribution in [2.45, 2.75) is 13.1 Å². The molecule has 0 bridgehead atoms. The molecule has 0 amide bonds. The summed E-state index contributed by atoms with van der Waals surface area (Å²) in [6.45, 7) is 1.32. The fourth-order valence-corrected chi connectivity index (χ4v) is 2.48. The number of aromatic nitrogens is 2. The molecule has 0 N–H and O–H groups in total. The summed E-state index contributed by atoms with van der Waals surface area (Å²) in [7, 11) is 1.94. The van der Waals surface area contributed by atoms with Gasteiger partial charge in [-0.15, -0.1) is 10.2 Å². The molecule has 0 aliphatic rings. The lowest BCUT2D eigenvalue weighted by Gasteiger charge is -2.14. The van der Waals surface area contributed by atoms with Gasteiger partial charge in [-0.05, 0) is 36.3 Å². The predicted molar refractivity (Wildman–Crippen MR) is 66.5 cm³/mol. The highest BCUT2D eigenvalue weighted by Crippen LogP contribution is 2.17. The molecule has 1 aromatic heterocycles. The summed E-state index contributed by atoms with van der Waals surface area (Å²) in [6.07, 6.45) is 0. The highest BCUT2D eigenvalue weighted by Gasteiger charge is 2.06. The van der Waals surface area contributed by atoms with Crippen LogP contribution in [0, 0.1) is 5.82 Å². The van der Waals surface area contributed by atoms with E-state index in [1.165, 1.54) is 23.5 Å². The molecule has 1 heterocycles. The van der Waals surface area contributed by atoms with E-state index in [0.29, 0.717) is 17.6 Å². The summed E-state index contributed by atoms with van der Waals surface area (Å²) in [5, 5.41) is 8.53. The van der Waals surface area contributed by atoms with Gasteiger partial charge in [-0.2, -0.15) is 0 Å². The minimum atomic E-state index is -0.213. The molecule has 2 aromatic rings. The van der Waals surface area contributed by atoms with Gasteiger partial charge in [0.2, 0.25) is 4.47 Å². The molecule has 0 aliphatic heterocycles. The molecule has 0 saturated carbocycles. The minimum Gasteiger partial charge on any atom is -0.295 e. The fourth-order valence-electron chi connectivity index (χ4n) is 1.53. The number of hydrogen-bond donors (Lipinski definition) is 0. The van der Waals surface area contributed by atoms with Crippen molar-refractivity contribution in [3.05, 3.63) is 45.1 Å². The van der Waals surface area contributed by atoms with E-state index in [2.05, 4.69) is 10.2 Å². The first-order chi connectivity index (χ1) is 8.13. The average molecular weight is 272 g/mol. The Kier molecular flexibility index (Phi) is 4.04. The average Bonchev–Trinajstić information content (AvgIpc) is 2.63. The molecule has 1 aromatic carbocycles. The highest BCUT2D eigenvalue weighted by atomic mass is 35.5. The van der Waals surface area contributed by atoms with Crippen LogP contribution in [0.2, 0.25) is 4.47 Å². The summed E-state index contributed by atoms with van der Waals surface area (Å²) < 4.78 is 13.4. The molecule has 0 atom stereocenters. The van der Waals surface area contributed by atoms with E-state index < -0.39 is 0 Å². The molecule has 90 valence electrons. The van der Waals surface area contributed by atoms with Gasteiger partial charge in [0, 0.05) is 6.54 Å². The normalized spacial score (nSPS) is 11.1. The zero-order chi connectivity index (χ0) is 12.3. The minimum absolute atomic E-state index is 0.213. The monoisotopic (exact) mass is 271 g/mol. The number of halogens is 2. The third-order valence-electron chi connectivity index (χ3n) is 2.19. The Morgan fingerprint density at radius 2 is 2.18 bits per heavy atom. The van der Waals surface area contributed by atoms with Gasteiger partial charge in [0.25, 0.3) is 0 Å². The molecule has 0 fully saturated rings. The molecule has 0 saturated heterocycles. The molecular weight excluding hydrogens is 261 g/mol. The Balaban J connectivity index is 1.95. The molecule has 17 heavy (non-hydrogen) atoms. The maximum atomic E-state index is 13.0. The Morgan fingerprint density at radius 3 is 2.82 bits per heavy atom. The van der Waals surface area contributed by atoms with E-state index >= 15 is 0 Å². The highest BCUT2D eigenvalue weighted by molar-refractivity contribution is 7.15. The lowest BCUT2D eigenvalue weighted by atomic mass is 10.2. The van der Waals surface area contributed by atoms with E-state index in [4.69, 9.17) is 11.6 Å². The third-order valence-corrected chi connectivity index (χ3v) is 3.19. The molecule has 6 heteroatoms. The van der Waals surface area contributed by atoms with Crippen molar-refractivity contribution in [3.8, 4) is 0 Å². The van der Waals surface area contributed by atoms with Gasteiger partial charge < -0.3 is 0 Å². The second-order valence-electron chi connectivity index (χ2n) is 3.75. The molecule has 0 aliphatic carbocycles. The Labute approximate surface area is 108 Å². The SMILES string of the molecule is CN(Cc1cccc(F)c1)Cc1nnc(Cl)s1. The lowest BCUT2D eigenvalue weighted by molar-refractivity contribution is 0.317. The van der Waals surface area contributed by atoms with E-state index in [9.17, 15) is 4.39 Å². The first kappa shape index (κ1) is 12.4. The molecular formula is C11H11ClFN3S. The maximum Gasteiger partial charge on any atom is 0.207 e. The van der Waals surface area contributed by atoms with Crippen molar-refractivity contribution in [3.63, 3.8) is 0 Å². The molecule has 0 radical (unpaired) electrons. The van der Waals surface area contributed by atoms with E-state index in [-0.39, 0.29) is 5.82 Å². The fraction of sp³-hybridized carbons (Fsp3) is 0.273. The van der Waals surface area contributed by atoms with Gasteiger partial charge in [-0.3, -0.25) is 4.90 Å². The molecule has 2 rings (SSSR count). The van der Waals surface area contributed by atoms with Crippen molar-refractivity contribution in [1.29, 1.82) is 0 Å². The van der Waals surface area contributed by atoms with Crippen molar-refractivity contribution < 1.29 is 4.39 Å². The number of rotatable bonds is 4. The van der Waals surface area contributed by atoms with E-state index in [1.807, 2.05) is 18.0 Å². The Bertz CT molecular complexity index is 503. The summed E-state index contributed by atoms with van der Waals surface area (Å²) >= 11 is 7.06. The van der Waals surface area contributed by atoms with Crippen molar-refractivity contribution >= 4 is 22.9 Å². The van der Waals surface area contributed by atoms with Crippen molar-refractivity contribution in [2.24, 2.45) is 0 Å². The zero-order valence-electron chi connectivity index (χ0n) is 9.23. The van der Waals surface area contributed by atoms with Crippen LogP contribution in [-0.4, -0.2) is 22.1 Å². The summed E-state index contributed by atoms with van der Waals surface area (Å²) in [4.78, 5) is 2.03. The van der Waals surface area contributed by atoms with E-state index in [1.54, 1.807) is 6.07 Å². The van der Waals surface area contributed by atoms with Crippen LogP contribution >= 0.6 is 22.9 Å². The summed E-state index contributed by atoms with van der Waals surface area (Å²) in [5.74, 6) is -0.213. The second-order valence-corrected chi connectivity index (χ2v) is 5.40. The number of hydrogen-bond acceptors (Lipinski definition) is 4. The van der Waals surface area contributed by atoms with Crippen LogP contribution in [0.3, 0.4) is 0 Å². The predicted octanol–water partition coefficient (Wildman–Crippen LogP) is 2.96. The second kappa shape index (κ2) is 5.53. The largest absolute Gasteiger partial charge is 0.295 e. The topological polar surface area (TPSA) is 29.0 Å². The van der Waals surface area contributed by atoms with Crippen molar-refractivity contribution in [1.82, 2.24) is 15.1 Å². The van der Waals surface area contributed by atoms with Gasteiger partial charge in [-0.25, -0.2) is 4.39 Å². The van der Waals surface area contributed by atoms with E-state index in [0.717, 1.165) is 10.6 Å². The Morgan fingerprint density at radius 1 is 1.35 bits per heavy atom. The number of benzene rings is 1. The first-order valence-electron chi connectivity index (χ1n) is 5.04. The van der Waals surface area contributed by atoms with Crippen LogP contribution < -0.4 is 0 Å². The van der Waals surface area contributed by atoms with Gasteiger partial charge in [0.1, 0.15) is 10.8 Å². The van der Waals surface area contributed by atoms with Crippen LogP contribution in [0.1, 0.15) is 10.6 Å². The standard InChI is InChI=1S/C11H11ClFN3S/c1-16(7-10-14-15-11(12)17-10)6-8-3-2-4-9(13)5-8/h2-5H,6-7H2,1H3. The molecule has 0 unspecified atom stereocenters. The smallest absolute Gasteiger partial charge is 0.207 e. The summed E-state index contributed by atoms with van der Waals surface area (Å²) in [5.41, 5.74) is 0.933. The lowest BCUT2D eigenvalue weighted by Crippen LogP contribution is -2.17. The van der Waals surface area contributed by atoms with Gasteiger partial charge in [0.15, 0.2) is 0 Å². The van der Waals surface area contributed by atoms with Crippen LogP contribution in [0.15, 0.2) is 24.3 Å². The van der Waals surface area contributed by atoms with Gasteiger partial charge in [0.05, 0.1) is 6.54 Å². The van der Waals surface area contributed by atoms with Crippen LogP contribution in [0.25, 0.3) is 0 Å². The van der Waals surface area contributed by atoms with Gasteiger partial charge in [-0.1, -0.05) is 23.5 Å². The maximum absolute atomic E-state index is 13.0. The summed E-state index contributed by atoms with van der Waals surface area (Å²) in [6, 6.07) is 6.57. The van der Waals surface area contributed by atoms with Crippen LogP contribution in [-0.2, 0) is 13.1 Å². The van der Waals surface area contributed by atoms with Crippen molar-refractivity contribution in [2.75, 3.05) is 7.05 Å². The Hall–Kier alpha value is -1.04. The molecule has 3 nitrogen and oxygen atoms in total. The number of nitrogens with zero attached hydrogens (tertiary/aromatic N) is 3. The van der Waals surface area contributed by atoms with Crippen LogP contribution in [0.4, 0.5) is 4.39 Å². The molecule has 0 spiro atoms. The first-order valence-corrected chi connectivity index (χ1v) is 6.24. The third kappa shape index (κ3) is 3.73. The zero-order valence-corrected chi connectivity index (χ0v) is 10.8.